The molecule has 0 amide bonds. The van der Waals surface area contributed by atoms with E-state index in [1.54, 1.807) is 11.3 Å². The lowest BCUT2D eigenvalue weighted by atomic mass is 10.1. The minimum absolute atomic E-state index is 0.140. The van der Waals surface area contributed by atoms with Gasteiger partial charge in [0.15, 0.2) is 5.13 Å². The van der Waals surface area contributed by atoms with E-state index in [-0.39, 0.29) is 5.56 Å². The molecule has 0 saturated carbocycles. The van der Waals surface area contributed by atoms with Gasteiger partial charge in [-0.05, 0) is 56.5 Å². The van der Waals surface area contributed by atoms with Gasteiger partial charge in [0.1, 0.15) is 0 Å². The van der Waals surface area contributed by atoms with Crippen LogP contribution in [0.2, 0.25) is 0 Å². The van der Waals surface area contributed by atoms with E-state index in [0.29, 0.717) is 0 Å². The third kappa shape index (κ3) is 3.20. The number of hydrogen-bond donors (Lipinski definition) is 0. The second-order valence-corrected chi connectivity index (χ2v) is 7.22. The Balaban J connectivity index is 2.18. The lowest BCUT2D eigenvalue weighted by molar-refractivity contribution is 0.878. The maximum Gasteiger partial charge on any atom is 0.281 e. The second kappa shape index (κ2) is 6.73. The van der Waals surface area contributed by atoms with Gasteiger partial charge in [-0.2, -0.15) is 4.98 Å². The first-order valence-corrected chi connectivity index (χ1v) is 9.07. The van der Waals surface area contributed by atoms with Crippen LogP contribution in [0.15, 0.2) is 41.2 Å². The van der Waals surface area contributed by atoms with E-state index in [1.807, 2.05) is 13.0 Å². The Hall–Kier alpha value is -2.20. The summed E-state index contributed by atoms with van der Waals surface area (Å²) in [6.07, 6.45) is 0.987. The maximum absolute atomic E-state index is 12.6. The molecule has 0 aliphatic rings. The molecule has 0 fully saturated rings. The summed E-state index contributed by atoms with van der Waals surface area (Å²) >= 11 is 1.60. The first-order valence-electron chi connectivity index (χ1n) is 8.26. The summed E-state index contributed by atoms with van der Waals surface area (Å²) in [4.78, 5) is 19.1. The molecule has 3 nitrogen and oxygen atoms in total. The van der Waals surface area contributed by atoms with E-state index >= 15 is 0 Å². The number of benzene rings is 2. The normalized spacial score (nSPS) is 11.0. The third-order valence-corrected chi connectivity index (χ3v) is 5.30. The van der Waals surface area contributed by atoms with Crippen LogP contribution in [0.3, 0.4) is 0 Å². The summed E-state index contributed by atoms with van der Waals surface area (Å²) in [6, 6.07) is 12.4. The predicted molar refractivity (Wildman–Crippen MR) is 104 cm³/mol. The zero-order chi connectivity index (χ0) is 17.3. The number of rotatable bonds is 4. The van der Waals surface area contributed by atoms with Crippen molar-refractivity contribution in [2.45, 2.75) is 34.1 Å². The average molecular weight is 338 g/mol. The molecule has 0 spiro atoms. The zero-order valence-corrected chi connectivity index (χ0v) is 15.4. The largest absolute Gasteiger partial charge is 0.318 e. The molecule has 0 N–H and O–H groups in total. The highest BCUT2D eigenvalue weighted by atomic mass is 32.1. The van der Waals surface area contributed by atoms with Crippen molar-refractivity contribution in [3.05, 3.63) is 63.4 Å². The SMILES string of the molecule is CCCN(c1ccc(C)cc1)c1nc(=O)c2cc(C)cc(C)c2s1. The first-order chi connectivity index (χ1) is 11.5. The van der Waals surface area contributed by atoms with Crippen molar-refractivity contribution in [2.75, 3.05) is 11.4 Å². The number of anilines is 2. The third-order valence-electron chi connectivity index (χ3n) is 4.06. The van der Waals surface area contributed by atoms with Gasteiger partial charge in [0.25, 0.3) is 5.56 Å². The summed E-state index contributed by atoms with van der Waals surface area (Å²) in [5.74, 6) is 0. The summed E-state index contributed by atoms with van der Waals surface area (Å²) in [5, 5.41) is 1.49. The first kappa shape index (κ1) is 16.7. The molecule has 3 rings (SSSR count). The summed E-state index contributed by atoms with van der Waals surface area (Å²) in [7, 11) is 0. The van der Waals surface area contributed by atoms with Crippen LogP contribution in [0, 0.1) is 20.8 Å². The molecule has 1 aromatic heterocycles. The lowest BCUT2D eigenvalue weighted by Gasteiger charge is -2.23. The highest BCUT2D eigenvalue weighted by Gasteiger charge is 2.15. The molecule has 0 unspecified atom stereocenters. The number of fused-ring (bicyclic) bond motifs is 1. The Morgan fingerprint density at radius 3 is 2.42 bits per heavy atom. The van der Waals surface area contributed by atoms with E-state index < -0.39 is 0 Å². The van der Waals surface area contributed by atoms with Gasteiger partial charge in [0.2, 0.25) is 0 Å². The quantitative estimate of drug-likeness (QED) is 0.661. The van der Waals surface area contributed by atoms with Crippen molar-refractivity contribution >= 4 is 32.2 Å². The molecule has 0 aliphatic heterocycles. The van der Waals surface area contributed by atoms with E-state index in [1.165, 1.54) is 5.56 Å². The van der Waals surface area contributed by atoms with Crippen LogP contribution < -0.4 is 10.5 Å². The Labute approximate surface area is 146 Å². The molecule has 0 atom stereocenters. The zero-order valence-electron chi connectivity index (χ0n) is 14.6. The van der Waals surface area contributed by atoms with Gasteiger partial charge in [0, 0.05) is 16.9 Å². The topological polar surface area (TPSA) is 33.2 Å². The van der Waals surface area contributed by atoms with Crippen molar-refractivity contribution < 1.29 is 0 Å². The minimum atomic E-state index is -0.140. The van der Waals surface area contributed by atoms with Crippen LogP contribution in [0.1, 0.15) is 30.0 Å². The van der Waals surface area contributed by atoms with Crippen LogP contribution >= 0.6 is 11.3 Å². The molecule has 0 aliphatic carbocycles. The lowest BCUT2D eigenvalue weighted by Crippen LogP contribution is -2.21. The molecule has 0 saturated heterocycles. The fourth-order valence-corrected chi connectivity index (χ4v) is 4.00. The molecular weight excluding hydrogens is 316 g/mol. The van der Waals surface area contributed by atoms with Crippen molar-refractivity contribution in [1.82, 2.24) is 4.98 Å². The highest BCUT2D eigenvalue weighted by molar-refractivity contribution is 7.22. The molecule has 0 bridgehead atoms. The monoisotopic (exact) mass is 338 g/mol. The van der Waals surface area contributed by atoms with Crippen LogP contribution in [-0.2, 0) is 0 Å². The molecule has 3 aromatic rings. The number of aromatic nitrogens is 1. The fourth-order valence-electron chi connectivity index (χ4n) is 2.91. The Bertz CT molecular complexity index is 929. The van der Waals surface area contributed by atoms with E-state index in [0.717, 1.165) is 45.0 Å². The predicted octanol–water partition coefficient (Wildman–Crippen LogP) is 5.13. The molecule has 4 heteroatoms. The minimum Gasteiger partial charge on any atom is -0.318 e. The molecular formula is C20H22N2OS. The summed E-state index contributed by atoms with van der Waals surface area (Å²) in [6.45, 7) is 9.12. The summed E-state index contributed by atoms with van der Waals surface area (Å²) < 4.78 is 1.03. The smallest absolute Gasteiger partial charge is 0.281 e. The maximum atomic E-state index is 12.6. The van der Waals surface area contributed by atoms with Gasteiger partial charge in [-0.15, -0.1) is 0 Å². The van der Waals surface area contributed by atoms with Crippen LogP contribution in [0.4, 0.5) is 10.8 Å². The van der Waals surface area contributed by atoms with E-state index in [4.69, 9.17) is 0 Å². The molecule has 1 heterocycles. The van der Waals surface area contributed by atoms with E-state index in [2.05, 4.69) is 61.0 Å². The van der Waals surface area contributed by atoms with Crippen molar-refractivity contribution in [1.29, 1.82) is 0 Å². The summed E-state index contributed by atoms with van der Waals surface area (Å²) in [5.41, 5.74) is 4.40. The molecule has 24 heavy (non-hydrogen) atoms. The van der Waals surface area contributed by atoms with Gasteiger partial charge in [-0.1, -0.05) is 42.0 Å². The molecule has 2 aromatic carbocycles. The number of hydrogen-bond acceptors (Lipinski definition) is 4. The van der Waals surface area contributed by atoms with Gasteiger partial charge in [-0.25, -0.2) is 0 Å². The van der Waals surface area contributed by atoms with E-state index in [9.17, 15) is 4.79 Å². The van der Waals surface area contributed by atoms with Gasteiger partial charge < -0.3 is 4.90 Å². The van der Waals surface area contributed by atoms with Crippen LogP contribution in [-0.4, -0.2) is 11.5 Å². The van der Waals surface area contributed by atoms with Crippen molar-refractivity contribution in [2.24, 2.45) is 0 Å². The van der Waals surface area contributed by atoms with Crippen molar-refractivity contribution in [3.8, 4) is 0 Å². The number of aryl methyl sites for hydroxylation is 3. The Kier molecular flexibility index (Phi) is 4.67. The standard InChI is InChI=1S/C20H22N2OS/c1-5-10-22(16-8-6-13(2)7-9-16)20-21-19(23)17-12-14(3)11-15(4)18(17)24-20/h6-9,11-12H,5,10H2,1-4H3. The van der Waals surface area contributed by atoms with Crippen LogP contribution in [0.5, 0.6) is 0 Å². The Morgan fingerprint density at radius 2 is 1.75 bits per heavy atom. The number of nitrogens with zero attached hydrogens (tertiary/aromatic N) is 2. The molecule has 0 radical (unpaired) electrons. The molecule has 124 valence electrons. The average Bonchev–Trinajstić information content (AvgIpc) is 2.54. The van der Waals surface area contributed by atoms with Crippen LogP contribution in [0.25, 0.3) is 10.1 Å². The van der Waals surface area contributed by atoms with Gasteiger partial charge in [0.05, 0.1) is 5.39 Å². The second-order valence-electron chi connectivity index (χ2n) is 6.25. The Morgan fingerprint density at radius 1 is 1.04 bits per heavy atom. The fraction of sp³-hybridized carbons (Fsp3) is 0.300. The van der Waals surface area contributed by atoms with Gasteiger partial charge >= 0.3 is 0 Å². The van der Waals surface area contributed by atoms with Gasteiger partial charge in [-0.3, -0.25) is 4.79 Å². The highest BCUT2D eigenvalue weighted by Crippen LogP contribution is 2.32. The van der Waals surface area contributed by atoms with Crippen molar-refractivity contribution in [3.63, 3.8) is 0 Å².